The van der Waals surface area contributed by atoms with Gasteiger partial charge in [-0.25, -0.2) is 9.97 Å². The van der Waals surface area contributed by atoms with E-state index in [1.807, 2.05) is 23.1 Å². The van der Waals surface area contributed by atoms with Crippen LogP contribution in [-0.4, -0.2) is 9.97 Å². The molecule has 11 rings (SSSR count). The highest BCUT2D eigenvalue weighted by atomic mass is 32.2. The van der Waals surface area contributed by atoms with E-state index in [1.165, 1.54) is 63.3 Å². The second kappa shape index (κ2) is 11.1. The standard InChI is InChI=1S/C47H28N2S2/c1-2-13-29(14-3-1)40-28-41(30-25-26-34-33-17-6-10-23-42(33)50-44(34)27-30)49-46(48-40)35-18-12-22-39-45(35)51-43-24-11-9-21-38(43)47(39)36-19-7-4-15-31(36)32-16-5-8-20-37(32)47/h1-28H. The Morgan fingerprint density at radius 2 is 1.02 bits per heavy atom. The SMILES string of the molecule is c1ccc(-c2cc(-c3ccc4c(c3)sc3ccccc34)nc(-c3cccc4c3Sc3ccccc3C43c4ccccc4-c4ccccc43)n2)cc1. The topological polar surface area (TPSA) is 25.8 Å². The van der Waals surface area contributed by atoms with Crippen LogP contribution < -0.4 is 0 Å². The van der Waals surface area contributed by atoms with Crippen molar-refractivity contribution in [3.8, 4) is 45.0 Å². The summed E-state index contributed by atoms with van der Waals surface area (Å²) < 4.78 is 2.56. The number of nitrogens with zero attached hydrogens (tertiary/aromatic N) is 2. The molecular formula is C47H28N2S2. The van der Waals surface area contributed by atoms with Gasteiger partial charge in [0.05, 0.1) is 16.8 Å². The zero-order chi connectivity index (χ0) is 33.5. The molecule has 51 heavy (non-hydrogen) atoms. The first-order valence-corrected chi connectivity index (χ1v) is 18.9. The first-order valence-electron chi connectivity index (χ1n) is 17.2. The van der Waals surface area contributed by atoms with Crippen LogP contribution in [-0.2, 0) is 5.41 Å². The van der Waals surface area contributed by atoms with Crippen LogP contribution in [0.5, 0.6) is 0 Å². The molecule has 0 amide bonds. The number of hydrogen-bond acceptors (Lipinski definition) is 4. The number of fused-ring (bicyclic) bond motifs is 12. The van der Waals surface area contributed by atoms with Crippen molar-refractivity contribution < 1.29 is 0 Å². The molecule has 3 heterocycles. The molecular weight excluding hydrogens is 657 g/mol. The highest BCUT2D eigenvalue weighted by Gasteiger charge is 2.50. The summed E-state index contributed by atoms with van der Waals surface area (Å²) in [6, 6.07) is 61.7. The number of aromatic nitrogens is 2. The normalized spacial score (nSPS) is 13.6. The zero-order valence-electron chi connectivity index (χ0n) is 27.4. The number of thiophene rings is 1. The first-order chi connectivity index (χ1) is 25.3. The average Bonchev–Trinajstić information content (AvgIpc) is 3.72. The summed E-state index contributed by atoms with van der Waals surface area (Å²) >= 11 is 3.68. The van der Waals surface area contributed by atoms with Crippen molar-refractivity contribution in [2.75, 3.05) is 0 Å². The number of benzene rings is 7. The van der Waals surface area contributed by atoms with Gasteiger partial charge in [-0.05, 0) is 57.6 Å². The third kappa shape index (κ3) is 4.18. The van der Waals surface area contributed by atoms with Crippen molar-refractivity contribution in [3.63, 3.8) is 0 Å². The molecule has 4 heteroatoms. The van der Waals surface area contributed by atoms with Gasteiger partial charge in [-0.15, -0.1) is 11.3 Å². The molecule has 0 fully saturated rings. The molecule has 0 atom stereocenters. The molecule has 0 unspecified atom stereocenters. The average molecular weight is 685 g/mol. The van der Waals surface area contributed by atoms with Crippen LogP contribution in [0.3, 0.4) is 0 Å². The largest absolute Gasteiger partial charge is 0.228 e. The van der Waals surface area contributed by atoms with E-state index in [-0.39, 0.29) is 0 Å². The molecule has 2 aromatic heterocycles. The van der Waals surface area contributed by atoms with Crippen molar-refractivity contribution in [2.24, 2.45) is 0 Å². The quantitative estimate of drug-likeness (QED) is 0.185. The maximum Gasteiger partial charge on any atom is 0.161 e. The van der Waals surface area contributed by atoms with Crippen molar-refractivity contribution in [2.45, 2.75) is 15.2 Å². The van der Waals surface area contributed by atoms with E-state index in [0.717, 1.165) is 33.9 Å². The third-order valence-corrected chi connectivity index (χ3v) is 12.9. The fourth-order valence-electron chi connectivity index (χ4n) is 8.41. The van der Waals surface area contributed by atoms with Crippen molar-refractivity contribution >= 4 is 43.3 Å². The van der Waals surface area contributed by atoms with E-state index < -0.39 is 5.41 Å². The van der Waals surface area contributed by atoms with Crippen LogP contribution in [0, 0.1) is 0 Å². The lowest BCUT2D eigenvalue weighted by molar-refractivity contribution is 0.723. The Labute approximate surface area is 304 Å². The third-order valence-electron chi connectivity index (χ3n) is 10.6. The second-order valence-corrected chi connectivity index (χ2v) is 15.4. The highest BCUT2D eigenvalue weighted by Crippen LogP contribution is 2.63. The van der Waals surface area contributed by atoms with Crippen LogP contribution in [0.4, 0.5) is 0 Å². The van der Waals surface area contributed by atoms with Gasteiger partial charge in [0.2, 0.25) is 0 Å². The van der Waals surface area contributed by atoms with Crippen LogP contribution >= 0.6 is 23.1 Å². The Hall–Kier alpha value is -5.81. The second-order valence-electron chi connectivity index (χ2n) is 13.3. The molecule has 2 nitrogen and oxygen atoms in total. The molecule has 7 aromatic carbocycles. The minimum atomic E-state index is -0.452. The maximum absolute atomic E-state index is 5.41. The fraction of sp³-hybridized carbons (Fsp3) is 0.0213. The van der Waals surface area contributed by atoms with Crippen molar-refractivity contribution in [1.29, 1.82) is 0 Å². The maximum atomic E-state index is 5.41. The summed E-state index contributed by atoms with van der Waals surface area (Å²) in [6.07, 6.45) is 0. The van der Waals surface area contributed by atoms with Gasteiger partial charge in [-0.2, -0.15) is 0 Å². The number of hydrogen-bond donors (Lipinski definition) is 0. The van der Waals surface area contributed by atoms with E-state index in [2.05, 4.69) is 170 Å². The zero-order valence-corrected chi connectivity index (χ0v) is 29.0. The van der Waals surface area contributed by atoms with Crippen molar-refractivity contribution in [3.05, 3.63) is 192 Å². The molecule has 1 aliphatic carbocycles. The summed E-state index contributed by atoms with van der Waals surface area (Å²) in [6.45, 7) is 0. The van der Waals surface area contributed by atoms with Crippen LogP contribution in [0.25, 0.3) is 65.2 Å². The van der Waals surface area contributed by atoms with Crippen LogP contribution in [0.15, 0.2) is 180 Å². The van der Waals surface area contributed by atoms with Crippen molar-refractivity contribution in [1.82, 2.24) is 9.97 Å². The van der Waals surface area contributed by atoms with Crippen LogP contribution in [0.2, 0.25) is 0 Å². The Bertz CT molecular complexity index is 2810. The lowest BCUT2D eigenvalue weighted by atomic mass is 9.67. The molecule has 0 N–H and O–H groups in total. The van der Waals surface area contributed by atoms with Gasteiger partial charge in [0, 0.05) is 46.7 Å². The van der Waals surface area contributed by atoms with E-state index in [1.54, 1.807) is 0 Å². The molecule has 2 aliphatic rings. The van der Waals surface area contributed by atoms with Gasteiger partial charge in [0.25, 0.3) is 0 Å². The van der Waals surface area contributed by atoms with E-state index in [4.69, 9.17) is 9.97 Å². The molecule has 1 spiro atoms. The summed E-state index contributed by atoms with van der Waals surface area (Å²) in [5, 5.41) is 2.58. The lowest BCUT2D eigenvalue weighted by Gasteiger charge is -2.40. The summed E-state index contributed by atoms with van der Waals surface area (Å²) in [5.74, 6) is 0.737. The molecule has 0 bridgehead atoms. The smallest absolute Gasteiger partial charge is 0.161 e. The molecule has 1 aliphatic heterocycles. The van der Waals surface area contributed by atoms with Gasteiger partial charge in [0.1, 0.15) is 0 Å². The van der Waals surface area contributed by atoms with E-state index >= 15 is 0 Å². The van der Waals surface area contributed by atoms with Gasteiger partial charge in [-0.3, -0.25) is 0 Å². The predicted octanol–water partition coefficient (Wildman–Crippen LogP) is 12.7. The van der Waals surface area contributed by atoms with Crippen LogP contribution in [0.1, 0.15) is 22.3 Å². The first kappa shape index (κ1) is 29.0. The van der Waals surface area contributed by atoms with E-state index in [0.29, 0.717) is 0 Å². The minimum Gasteiger partial charge on any atom is -0.228 e. The summed E-state index contributed by atoms with van der Waals surface area (Å²) in [4.78, 5) is 13.2. The molecule has 0 saturated carbocycles. The highest BCUT2D eigenvalue weighted by molar-refractivity contribution is 7.99. The summed E-state index contributed by atoms with van der Waals surface area (Å²) in [5.41, 5.74) is 12.5. The monoisotopic (exact) mass is 684 g/mol. The van der Waals surface area contributed by atoms with Gasteiger partial charge in [-0.1, -0.05) is 157 Å². The lowest BCUT2D eigenvalue weighted by Crippen LogP contribution is -2.32. The summed E-state index contributed by atoms with van der Waals surface area (Å²) in [7, 11) is 0. The van der Waals surface area contributed by atoms with Gasteiger partial charge >= 0.3 is 0 Å². The minimum absolute atomic E-state index is 0.452. The Morgan fingerprint density at radius 3 is 1.82 bits per heavy atom. The molecule has 9 aromatic rings. The molecule has 0 saturated heterocycles. The molecule has 0 radical (unpaired) electrons. The van der Waals surface area contributed by atoms with E-state index in [9.17, 15) is 0 Å². The number of rotatable bonds is 3. The Kier molecular flexibility index (Phi) is 6.30. The Balaban J connectivity index is 1.17. The van der Waals surface area contributed by atoms with Gasteiger partial charge < -0.3 is 0 Å². The Morgan fingerprint density at radius 1 is 0.412 bits per heavy atom. The fourth-order valence-corrected chi connectivity index (χ4v) is 10.9. The predicted molar refractivity (Wildman–Crippen MR) is 213 cm³/mol. The molecule has 238 valence electrons. The van der Waals surface area contributed by atoms with Gasteiger partial charge in [0.15, 0.2) is 5.82 Å².